The molecule has 204 valence electrons. The normalized spacial score (nSPS) is 24.8. The molecule has 0 N–H and O–H groups in total. The first-order chi connectivity index (χ1) is 17.7. The minimum absolute atomic E-state index is 0.167. The summed E-state index contributed by atoms with van der Waals surface area (Å²) in [6, 6.07) is 6.81. The molecule has 37 heavy (non-hydrogen) atoms. The van der Waals surface area contributed by atoms with Crippen LogP contribution in [0.5, 0.6) is 11.5 Å². The van der Waals surface area contributed by atoms with Gasteiger partial charge in [0.1, 0.15) is 5.75 Å². The predicted octanol–water partition coefficient (Wildman–Crippen LogP) is 9.57. The molecular formula is C29H34F6O2. The van der Waals surface area contributed by atoms with Gasteiger partial charge < -0.3 is 9.47 Å². The topological polar surface area (TPSA) is 18.5 Å². The van der Waals surface area contributed by atoms with E-state index in [2.05, 4.69) is 11.7 Å². The van der Waals surface area contributed by atoms with Gasteiger partial charge in [0.15, 0.2) is 17.4 Å². The molecule has 0 aliphatic heterocycles. The van der Waals surface area contributed by atoms with Crippen molar-refractivity contribution in [2.45, 2.75) is 89.8 Å². The number of benzene rings is 2. The molecule has 0 aromatic heterocycles. The highest BCUT2D eigenvalue weighted by molar-refractivity contribution is 5.35. The number of rotatable bonds is 9. The number of halogens is 6. The van der Waals surface area contributed by atoms with Gasteiger partial charge in [-0.15, -0.1) is 0 Å². The molecule has 0 spiro atoms. The lowest BCUT2D eigenvalue weighted by atomic mass is 9.68. The van der Waals surface area contributed by atoms with E-state index in [-0.39, 0.29) is 17.9 Å². The molecular weight excluding hydrogens is 494 g/mol. The second-order valence-electron chi connectivity index (χ2n) is 10.5. The first kappa shape index (κ1) is 27.6. The highest BCUT2D eigenvalue weighted by Gasteiger charge is 2.37. The predicted molar refractivity (Wildman–Crippen MR) is 129 cm³/mol. The number of hydrogen-bond acceptors (Lipinski definition) is 2. The maximum atomic E-state index is 14.6. The lowest BCUT2D eigenvalue weighted by Crippen LogP contribution is -2.25. The lowest BCUT2D eigenvalue weighted by Gasteiger charge is -2.38. The Morgan fingerprint density at radius 1 is 0.838 bits per heavy atom. The van der Waals surface area contributed by atoms with Crippen molar-refractivity contribution in [3.05, 3.63) is 59.2 Å². The van der Waals surface area contributed by atoms with Crippen molar-refractivity contribution in [2.24, 2.45) is 17.8 Å². The van der Waals surface area contributed by atoms with Crippen LogP contribution in [0.3, 0.4) is 0 Å². The molecule has 2 nitrogen and oxygen atoms in total. The third-order valence-electron chi connectivity index (χ3n) is 8.17. The third kappa shape index (κ3) is 6.94. The van der Waals surface area contributed by atoms with Gasteiger partial charge in [-0.2, -0.15) is 17.6 Å². The van der Waals surface area contributed by atoms with Gasteiger partial charge in [0.2, 0.25) is 0 Å². The number of alkyl halides is 4. The Kier molecular flexibility index (Phi) is 8.96. The van der Waals surface area contributed by atoms with E-state index in [9.17, 15) is 26.3 Å². The highest BCUT2D eigenvalue weighted by atomic mass is 19.3. The minimum Gasteiger partial charge on any atom is -0.429 e. The summed E-state index contributed by atoms with van der Waals surface area (Å²) in [5.74, 6) is -2.04. The van der Waals surface area contributed by atoms with Gasteiger partial charge in [0.25, 0.3) is 0 Å². The molecule has 2 aromatic rings. The zero-order chi connectivity index (χ0) is 26.6. The second-order valence-corrected chi connectivity index (χ2v) is 10.5. The van der Waals surface area contributed by atoms with Crippen LogP contribution < -0.4 is 9.47 Å². The van der Waals surface area contributed by atoms with Crippen molar-refractivity contribution in [3.63, 3.8) is 0 Å². The largest absolute Gasteiger partial charge is 0.429 e. The molecule has 8 heteroatoms. The van der Waals surface area contributed by atoms with Crippen molar-refractivity contribution in [1.82, 2.24) is 0 Å². The van der Waals surface area contributed by atoms with Crippen molar-refractivity contribution < 1.29 is 35.8 Å². The van der Waals surface area contributed by atoms with Crippen LogP contribution in [0.4, 0.5) is 26.3 Å². The van der Waals surface area contributed by atoms with Gasteiger partial charge in [0, 0.05) is 0 Å². The fraction of sp³-hybridized carbons (Fsp3) is 0.586. The Morgan fingerprint density at radius 3 is 1.89 bits per heavy atom. The van der Waals surface area contributed by atoms with E-state index in [1.165, 1.54) is 63.5 Å². The Morgan fingerprint density at radius 2 is 1.38 bits per heavy atom. The third-order valence-corrected chi connectivity index (χ3v) is 8.17. The fourth-order valence-corrected chi connectivity index (χ4v) is 6.23. The molecule has 2 fully saturated rings. The Labute approximate surface area is 214 Å². The molecule has 0 atom stereocenters. The Hall–Kier alpha value is -2.38. The van der Waals surface area contributed by atoms with Crippen molar-refractivity contribution in [2.75, 3.05) is 0 Å². The first-order valence-corrected chi connectivity index (χ1v) is 13.3. The molecule has 0 heterocycles. The summed E-state index contributed by atoms with van der Waals surface area (Å²) in [4.78, 5) is 0. The standard InChI is InChI=1S/C29H34F6O2/c1-2-3-18-4-6-19(7-5-18)20-8-10-21(11-9-20)22-12-14-24(15-13-22)37-29(34,35)23-16-25(30)27(26(31)17-23)36-28(32)33/h12-21,28H,2-11H2,1H3. The van der Waals surface area contributed by atoms with E-state index in [0.717, 1.165) is 36.2 Å². The molecule has 2 aromatic carbocycles. The van der Waals surface area contributed by atoms with Crippen LogP contribution in [0, 0.1) is 29.4 Å². The maximum absolute atomic E-state index is 14.6. The summed E-state index contributed by atoms with van der Waals surface area (Å²) in [6.07, 6.45) is 8.45. The van der Waals surface area contributed by atoms with Gasteiger partial charge >= 0.3 is 12.7 Å². The van der Waals surface area contributed by atoms with Gasteiger partial charge in [-0.05, 0) is 92.0 Å². The van der Waals surface area contributed by atoms with Crippen molar-refractivity contribution >= 4 is 0 Å². The zero-order valence-electron chi connectivity index (χ0n) is 21.0. The summed E-state index contributed by atoms with van der Waals surface area (Å²) in [5.41, 5.74) is -0.0818. The quantitative estimate of drug-likeness (QED) is 0.302. The summed E-state index contributed by atoms with van der Waals surface area (Å²) in [5, 5.41) is 0. The number of hydrogen-bond donors (Lipinski definition) is 0. The van der Waals surface area contributed by atoms with Crippen LogP contribution in [0.2, 0.25) is 0 Å². The van der Waals surface area contributed by atoms with E-state index < -0.39 is 35.7 Å². The van der Waals surface area contributed by atoms with Crippen LogP contribution in [-0.2, 0) is 6.11 Å². The SMILES string of the molecule is CCCC1CCC(C2CCC(c3ccc(OC(F)(F)c4cc(F)c(OC(F)F)c(F)c4)cc3)CC2)CC1. The van der Waals surface area contributed by atoms with Crippen LogP contribution in [0.15, 0.2) is 36.4 Å². The van der Waals surface area contributed by atoms with E-state index in [0.29, 0.717) is 5.92 Å². The average molecular weight is 529 g/mol. The minimum atomic E-state index is -4.08. The number of ether oxygens (including phenoxy) is 2. The van der Waals surface area contributed by atoms with Gasteiger partial charge in [0.05, 0.1) is 5.56 Å². The van der Waals surface area contributed by atoms with E-state index in [1.807, 2.05) is 0 Å². The average Bonchev–Trinajstić information content (AvgIpc) is 2.87. The van der Waals surface area contributed by atoms with Gasteiger partial charge in [-0.3, -0.25) is 0 Å². The zero-order valence-corrected chi connectivity index (χ0v) is 21.0. The second kappa shape index (κ2) is 12.0. The fourth-order valence-electron chi connectivity index (χ4n) is 6.23. The first-order valence-electron chi connectivity index (χ1n) is 13.3. The van der Waals surface area contributed by atoms with Crippen molar-refractivity contribution in [3.8, 4) is 11.5 Å². The molecule has 2 aliphatic carbocycles. The lowest BCUT2D eigenvalue weighted by molar-refractivity contribution is -0.185. The Balaban J connectivity index is 1.32. The maximum Gasteiger partial charge on any atom is 0.426 e. The van der Waals surface area contributed by atoms with E-state index >= 15 is 0 Å². The van der Waals surface area contributed by atoms with Gasteiger partial charge in [-0.25, -0.2) is 8.78 Å². The van der Waals surface area contributed by atoms with Gasteiger partial charge in [-0.1, -0.05) is 44.7 Å². The molecule has 0 amide bonds. The molecule has 0 saturated heterocycles. The smallest absolute Gasteiger partial charge is 0.426 e. The van der Waals surface area contributed by atoms with Crippen molar-refractivity contribution in [1.29, 1.82) is 0 Å². The summed E-state index contributed by atoms with van der Waals surface area (Å²) in [6.45, 7) is -1.24. The summed E-state index contributed by atoms with van der Waals surface area (Å²) >= 11 is 0. The highest BCUT2D eigenvalue weighted by Crippen LogP contribution is 2.45. The van der Waals surface area contributed by atoms with Crippen LogP contribution in [0.1, 0.15) is 88.2 Å². The monoisotopic (exact) mass is 528 g/mol. The summed E-state index contributed by atoms with van der Waals surface area (Å²) < 4.78 is 90.0. The summed E-state index contributed by atoms with van der Waals surface area (Å²) in [7, 11) is 0. The van der Waals surface area contributed by atoms with Crippen LogP contribution in [0.25, 0.3) is 0 Å². The molecule has 0 bridgehead atoms. The van der Waals surface area contributed by atoms with Crippen LogP contribution >= 0.6 is 0 Å². The molecule has 4 rings (SSSR count). The van der Waals surface area contributed by atoms with E-state index in [4.69, 9.17) is 4.74 Å². The van der Waals surface area contributed by atoms with Crippen LogP contribution in [-0.4, -0.2) is 6.61 Å². The molecule has 0 unspecified atom stereocenters. The Bertz CT molecular complexity index is 987. The molecule has 0 radical (unpaired) electrons. The molecule has 2 saturated carbocycles. The van der Waals surface area contributed by atoms with E-state index in [1.54, 1.807) is 12.1 Å². The molecule has 2 aliphatic rings.